The number of aromatic nitrogens is 2. The molecule has 27 heavy (non-hydrogen) atoms. The fourth-order valence-corrected chi connectivity index (χ4v) is 4.01. The van der Waals surface area contributed by atoms with Crippen LogP contribution in [0.4, 0.5) is 10.1 Å². The third-order valence-electron chi connectivity index (χ3n) is 4.60. The third kappa shape index (κ3) is 3.24. The third-order valence-corrected chi connectivity index (χ3v) is 5.71. The van der Waals surface area contributed by atoms with Crippen molar-refractivity contribution in [3.8, 4) is 5.69 Å². The molecule has 1 amide bonds. The molecule has 4 nitrogen and oxygen atoms in total. The van der Waals surface area contributed by atoms with E-state index in [1.165, 1.54) is 29.0 Å². The number of nitrogens with zero attached hydrogens (tertiary/aromatic N) is 2. The van der Waals surface area contributed by atoms with Gasteiger partial charge in [0.2, 0.25) is 0 Å². The first-order valence-corrected chi connectivity index (χ1v) is 9.38. The predicted octanol–water partition coefficient (Wildman–Crippen LogP) is 5.40. The van der Waals surface area contributed by atoms with Crippen molar-refractivity contribution >= 4 is 33.1 Å². The van der Waals surface area contributed by atoms with Gasteiger partial charge in [-0.15, -0.1) is 11.3 Å². The molecule has 6 heteroatoms. The van der Waals surface area contributed by atoms with Gasteiger partial charge in [0.1, 0.15) is 10.6 Å². The van der Waals surface area contributed by atoms with Crippen molar-refractivity contribution in [2.75, 3.05) is 5.32 Å². The summed E-state index contributed by atoms with van der Waals surface area (Å²) < 4.78 is 15.0. The van der Waals surface area contributed by atoms with Crippen LogP contribution < -0.4 is 5.32 Å². The number of hydrogen-bond donors (Lipinski definition) is 1. The molecule has 4 aromatic rings. The molecule has 0 aliphatic rings. The molecule has 0 bridgehead atoms. The lowest BCUT2D eigenvalue weighted by atomic mass is 10.1. The zero-order valence-corrected chi connectivity index (χ0v) is 16.0. The molecule has 0 spiro atoms. The average molecular weight is 379 g/mol. The van der Waals surface area contributed by atoms with Crippen molar-refractivity contribution in [2.45, 2.75) is 20.8 Å². The Morgan fingerprint density at radius 1 is 1.04 bits per heavy atom. The second kappa shape index (κ2) is 6.63. The minimum absolute atomic E-state index is 0.149. The van der Waals surface area contributed by atoms with E-state index in [-0.39, 0.29) is 11.7 Å². The zero-order chi connectivity index (χ0) is 19.1. The van der Waals surface area contributed by atoms with E-state index in [2.05, 4.69) is 10.4 Å². The molecule has 2 aromatic heterocycles. The van der Waals surface area contributed by atoms with E-state index in [0.29, 0.717) is 4.88 Å². The Hall–Kier alpha value is -2.99. The first kappa shape index (κ1) is 17.4. The standard InChI is InChI=1S/C21H18FN3OS/c1-12-4-7-16(10-13(12)2)23-20(26)19-11-18-14(3)24-25(21(18)27-19)17-8-5-15(22)6-9-17/h4-11H,1-3H3,(H,23,26). The fourth-order valence-electron chi connectivity index (χ4n) is 2.93. The van der Waals surface area contributed by atoms with Crippen LogP contribution >= 0.6 is 11.3 Å². The van der Waals surface area contributed by atoms with Crippen molar-refractivity contribution in [1.82, 2.24) is 9.78 Å². The highest BCUT2D eigenvalue weighted by Crippen LogP contribution is 2.31. The maximum absolute atomic E-state index is 13.2. The summed E-state index contributed by atoms with van der Waals surface area (Å²) in [4.78, 5) is 14.2. The first-order chi connectivity index (χ1) is 12.9. The van der Waals surface area contributed by atoms with Crippen LogP contribution in [0.25, 0.3) is 15.9 Å². The second-order valence-corrected chi connectivity index (χ2v) is 7.59. The second-order valence-electron chi connectivity index (χ2n) is 6.56. The molecular formula is C21H18FN3OS. The van der Waals surface area contributed by atoms with Gasteiger partial charge in [0.05, 0.1) is 16.3 Å². The van der Waals surface area contributed by atoms with Gasteiger partial charge in [-0.05, 0) is 74.4 Å². The number of halogens is 1. The van der Waals surface area contributed by atoms with Crippen LogP contribution in [0.1, 0.15) is 26.5 Å². The maximum atomic E-state index is 13.2. The summed E-state index contributed by atoms with van der Waals surface area (Å²) in [7, 11) is 0. The average Bonchev–Trinajstić information content (AvgIpc) is 3.20. The van der Waals surface area contributed by atoms with Gasteiger partial charge in [-0.25, -0.2) is 9.07 Å². The molecule has 0 atom stereocenters. The zero-order valence-electron chi connectivity index (χ0n) is 15.2. The van der Waals surface area contributed by atoms with Gasteiger partial charge < -0.3 is 5.32 Å². The summed E-state index contributed by atoms with van der Waals surface area (Å²) in [6.07, 6.45) is 0. The van der Waals surface area contributed by atoms with Crippen molar-refractivity contribution in [1.29, 1.82) is 0 Å². The van der Waals surface area contributed by atoms with Gasteiger partial charge in [0, 0.05) is 11.1 Å². The molecule has 0 unspecified atom stereocenters. The van der Waals surface area contributed by atoms with E-state index in [9.17, 15) is 9.18 Å². The van der Waals surface area contributed by atoms with Crippen molar-refractivity contribution in [3.63, 3.8) is 0 Å². The van der Waals surface area contributed by atoms with Gasteiger partial charge in [0.15, 0.2) is 0 Å². The van der Waals surface area contributed by atoms with Gasteiger partial charge in [-0.3, -0.25) is 4.79 Å². The summed E-state index contributed by atoms with van der Waals surface area (Å²) in [5.41, 5.74) is 4.68. The van der Waals surface area contributed by atoms with Gasteiger partial charge in [0.25, 0.3) is 5.91 Å². The molecule has 0 saturated heterocycles. The van der Waals surface area contributed by atoms with E-state index >= 15 is 0 Å². The smallest absolute Gasteiger partial charge is 0.265 e. The Morgan fingerprint density at radius 2 is 1.78 bits per heavy atom. The molecule has 1 N–H and O–H groups in total. The molecule has 0 aliphatic heterocycles. The van der Waals surface area contributed by atoms with E-state index in [4.69, 9.17) is 0 Å². The molecule has 0 aliphatic carbocycles. The Kier molecular flexibility index (Phi) is 4.28. The first-order valence-electron chi connectivity index (χ1n) is 8.56. The van der Waals surface area contributed by atoms with Crippen LogP contribution in [-0.2, 0) is 0 Å². The van der Waals surface area contributed by atoms with Gasteiger partial charge in [-0.1, -0.05) is 6.07 Å². The van der Waals surface area contributed by atoms with Crippen LogP contribution in [-0.4, -0.2) is 15.7 Å². The number of fused-ring (bicyclic) bond motifs is 1. The molecule has 4 rings (SSSR count). The monoisotopic (exact) mass is 379 g/mol. The lowest BCUT2D eigenvalue weighted by molar-refractivity contribution is 0.103. The van der Waals surface area contributed by atoms with Crippen LogP contribution in [0.5, 0.6) is 0 Å². The summed E-state index contributed by atoms with van der Waals surface area (Å²) in [5.74, 6) is -0.442. The summed E-state index contributed by atoms with van der Waals surface area (Å²) in [5, 5.41) is 8.41. The van der Waals surface area contributed by atoms with Gasteiger partial charge >= 0.3 is 0 Å². The largest absolute Gasteiger partial charge is 0.321 e. The number of anilines is 1. The van der Waals surface area contributed by atoms with Crippen molar-refractivity contribution in [2.24, 2.45) is 0 Å². The van der Waals surface area contributed by atoms with Crippen molar-refractivity contribution in [3.05, 3.63) is 76.0 Å². The minimum atomic E-state index is -0.293. The molecular weight excluding hydrogens is 361 g/mol. The van der Waals surface area contributed by atoms with E-state index in [1.54, 1.807) is 16.8 Å². The number of rotatable bonds is 3. The molecule has 0 fully saturated rings. The molecule has 136 valence electrons. The van der Waals surface area contributed by atoms with E-state index in [0.717, 1.165) is 32.8 Å². The summed E-state index contributed by atoms with van der Waals surface area (Å²) >= 11 is 1.37. The Balaban J connectivity index is 1.68. The van der Waals surface area contributed by atoms with Crippen LogP contribution in [0, 0.1) is 26.6 Å². The minimum Gasteiger partial charge on any atom is -0.321 e. The molecule has 0 radical (unpaired) electrons. The maximum Gasteiger partial charge on any atom is 0.265 e. The van der Waals surface area contributed by atoms with Gasteiger partial charge in [-0.2, -0.15) is 5.10 Å². The highest BCUT2D eigenvalue weighted by molar-refractivity contribution is 7.20. The summed E-state index contributed by atoms with van der Waals surface area (Å²) in [6.45, 7) is 5.96. The van der Waals surface area contributed by atoms with Crippen LogP contribution in [0.2, 0.25) is 0 Å². The quantitative estimate of drug-likeness (QED) is 0.518. The lowest BCUT2D eigenvalue weighted by Gasteiger charge is -2.06. The predicted molar refractivity (Wildman–Crippen MR) is 108 cm³/mol. The topological polar surface area (TPSA) is 46.9 Å². The number of carbonyl (C=O) groups is 1. The molecule has 2 heterocycles. The Labute approximate surface area is 160 Å². The number of amides is 1. The highest BCUT2D eigenvalue weighted by Gasteiger charge is 2.17. The Bertz CT molecular complexity index is 1160. The Morgan fingerprint density at radius 3 is 2.48 bits per heavy atom. The number of benzene rings is 2. The normalized spacial score (nSPS) is 11.1. The molecule has 0 saturated carbocycles. The van der Waals surface area contributed by atoms with E-state index in [1.807, 2.05) is 45.0 Å². The summed E-state index contributed by atoms with van der Waals surface area (Å²) in [6, 6.07) is 13.9. The number of hydrogen-bond acceptors (Lipinski definition) is 3. The SMILES string of the molecule is Cc1ccc(NC(=O)c2cc3c(C)nn(-c4ccc(F)cc4)c3s2)cc1C. The highest BCUT2D eigenvalue weighted by atomic mass is 32.1. The number of carbonyl (C=O) groups excluding carboxylic acids is 1. The number of aryl methyl sites for hydroxylation is 3. The fraction of sp³-hybridized carbons (Fsp3) is 0.143. The van der Waals surface area contributed by atoms with Crippen LogP contribution in [0.15, 0.2) is 48.5 Å². The van der Waals surface area contributed by atoms with Crippen molar-refractivity contribution < 1.29 is 9.18 Å². The van der Waals surface area contributed by atoms with Crippen LogP contribution in [0.3, 0.4) is 0 Å². The van der Waals surface area contributed by atoms with E-state index < -0.39 is 0 Å². The number of thiophene rings is 1. The molecule has 2 aromatic carbocycles. The lowest BCUT2D eigenvalue weighted by Crippen LogP contribution is -2.10. The number of nitrogens with one attached hydrogen (secondary N) is 1.